The van der Waals surface area contributed by atoms with Crippen molar-refractivity contribution in [3.8, 4) is 5.75 Å². The Bertz CT molecular complexity index is 1090. The van der Waals surface area contributed by atoms with Gasteiger partial charge >= 0.3 is 5.97 Å². The normalized spacial score (nSPS) is 26.1. The zero-order chi connectivity index (χ0) is 24.6. The van der Waals surface area contributed by atoms with Gasteiger partial charge in [0.2, 0.25) is 11.8 Å². The van der Waals surface area contributed by atoms with Gasteiger partial charge in [0, 0.05) is 6.04 Å². The van der Waals surface area contributed by atoms with E-state index in [9.17, 15) is 19.5 Å². The largest absolute Gasteiger partial charge is 0.494 e. The van der Waals surface area contributed by atoms with Crippen LogP contribution >= 0.6 is 0 Å². The average molecular weight is 465 g/mol. The monoisotopic (exact) mass is 464 g/mol. The van der Waals surface area contributed by atoms with Crippen LogP contribution in [-0.4, -0.2) is 35.0 Å². The molecule has 7 heteroatoms. The van der Waals surface area contributed by atoms with E-state index in [-0.39, 0.29) is 5.91 Å². The summed E-state index contributed by atoms with van der Waals surface area (Å²) in [5.74, 6) is -3.05. The van der Waals surface area contributed by atoms with Gasteiger partial charge < -0.3 is 9.84 Å². The number of hydrogen-bond donors (Lipinski definition) is 2. The van der Waals surface area contributed by atoms with Crippen molar-refractivity contribution >= 4 is 23.5 Å². The van der Waals surface area contributed by atoms with Gasteiger partial charge in [-0.05, 0) is 55.0 Å². The molecule has 2 aliphatic heterocycles. The molecule has 0 saturated carbocycles. The smallest absolute Gasteiger partial charge is 0.324 e. The molecule has 0 spiro atoms. The number of hydrogen-bond acceptors (Lipinski definition) is 5. The third-order valence-corrected chi connectivity index (χ3v) is 7.13. The van der Waals surface area contributed by atoms with Crippen molar-refractivity contribution in [3.63, 3.8) is 0 Å². The van der Waals surface area contributed by atoms with Crippen molar-refractivity contribution < 1.29 is 24.2 Å². The number of imide groups is 1. The lowest BCUT2D eigenvalue weighted by Crippen LogP contribution is -2.53. The lowest BCUT2D eigenvalue weighted by atomic mass is 9.80. The highest BCUT2D eigenvalue weighted by Crippen LogP contribution is 2.50. The minimum absolute atomic E-state index is 0.348. The van der Waals surface area contributed by atoms with Gasteiger partial charge in [0.1, 0.15) is 11.3 Å². The van der Waals surface area contributed by atoms with Crippen LogP contribution in [0.5, 0.6) is 5.75 Å². The van der Waals surface area contributed by atoms with E-state index in [0.29, 0.717) is 30.9 Å². The second kappa shape index (κ2) is 9.22. The number of para-hydroxylation sites is 1. The van der Waals surface area contributed by atoms with E-state index >= 15 is 0 Å². The number of rotatable bonds is 8. The number of aliphatic carboxylic acids is 1. The highest BCUT2D eigenvalue weighted by Gasteiger charge is 2.67. The van der Waals surface area contributed by atoms with Gasteiger partial charge in [0.15, 0.2) is 0 Å². The fourth-order valence-corrected chi connectivity index (χ4v) is 5.34. The Labute approximate surface area is 200 Å². The number of benzene rings is 2. The summed E-state index contributed by atoms with van der Waals surface area (Å²) in [6.45, 7) is 8.10. The third kappa shape index (κ3) is 3.68. The van der Waals surface area contributed by atoms with E-state index in [0.717, 1.165) is 23.1 Å². The number of fused-ring (bicyclic) bond motifs is 1. The number of nitrogens with zero attached hydrogens (tertiary/aromatic N) is 1. The molecule has 4 rings (SSSR count). The van der Waals surface area contributed by atoms with Gasteiger partial charge in [-0.25, -0.2) is 4.90 Å². The highest BCUT2D eigenvalue weighted by molar-refractivity contribution is 6.24. The van der Waals surface area contributed by atoms with Crippen molar-refractivity contribution in [1.29, 1.82) is 0 Å². The van der Waals surface area contributed by atoms with Crippen molar-refractivity contribution in [2.75, 3.05) is 11.5 Å². The molecule has 0 bridgehead atoms. The average Bonchev–Trinajstić information content (AvgIpc) is 3.30. The van der Waals surface area contributed by atoms with Crippen molar-refractivity contribution in [1.82, 2.24) is 5.32 Å². The molecule has 2 fully saturated rings. The van der Waals surface area contributed by atoms with E-state index < -0.39 is 35.3 Å². The molecule has 0 aliphatic carbocycles. The standard InChI is InChI=1S/C27H32N2O5/c1-5-15-34-19-13-11-18(12-14-19)22-20-21(27(4,28-22)26(32)33)25(31)29(24(20)30)23-16(6-2)9-8-10-17(23)7-3/h8-14,20-22,28H,5-7,15H2,1-4H3,(H,32,33). The fourth-order valence-electron chi connectivity index (χ4n) is 5.34. The SMILES string of the molecule is CCCOc1ccc(C2NC(C)(C(=O)O)C3C(=O)N(c4c(CC)cccc4CC)C(=O)C23)cc1. The van der Waals surface area contributed by atoms with Gasteiger partial charge in [0.05, 0.1) is 24.1 Å². The molecule has 4 atom stereocenters. The number of carbonyl (C=O) groups is 3. The molecule has 2 N–H and O–H groups in total. The van der Waals surface area contributed by atoms with Crippen LogP contribution in [0.4, 0.5) is 5.69 Å². The molecular weight excluding hydrogens is 432 g/mol. The molecule has 2 amide bonds. The third-order valence-electron chi connectivity index (χ3n) is 7.13. The number of carboxylic acid groups (broad SMARTS) is 1. The van der Waals surface area contributed by atoms with Crippen LogP contribution in [0, 0.1) is 11.8 Å². The van der Waals surface area contributed by atoms with Crippen LogP contribution in [0.2, 0.25) is 0 Å². The Morgan fingerprint density at radius 1 is 1.03 bits per heavy atom. The fraction of sp³-hybridized carbons (Fsp3) is 0.444. The summed E-state index contributed by atoms with van der Waals surface area (Å²) < 4.78 is 5.66. The summed E-state index contributed by atoms with van der Waals surface area (Å²) in [5, 5.41) is 13.3. The Kier molecular flexibility index (Phi) is 6.49. The number of carbonyl (C=O) groups excluding carboxylic acids is 2. The summed E-state index contributed by atoms with van der Waals surface area (Å²) in [6, 6.07) is 12.5. The molecule has 0 radical (unpaired) electrons. The van der Waals surface area contributed by atoms with Crippen molar-refractivity contribution in [2.45, 2.75) is 58.5 Å². The number of anilines is 1. The summed E-state index contributed by atoms with van der Waals surface area (Å²) in [5.41, 5.74) is 1.61. The second-order valence-electron chi connectivity index (χ2n) is 9.19. The maximum atomic E-state index is 13.9. The van der Waals surface area contributed by atoms with Gasteiger partial charge in [-0.15, -0.1) is 0 Å². The number of amides is 2. The lowest BCUT2D eigenvalue weighted by Gasteiger charge is -2.29. The maximum Gasteiger partial charge on any atom is 0.324 e. The topological polar surface area (TPSA) is 95.9 Å². The summed E-state index contributed by atoms with van der Waals surface area (Å²) in [7, 11) is 0. The first-order valence-electron chi connectivity index (χ1n) is 12.0. The van der Waals surface area contributed by atoms with Crippen LogP contribution in [0.25, 0.3) is 0 Å². The zero-order valence-electron chi connectivity index (χ0n) is 20.1. The summed E-state index contributed by atoms with van der Waals surface area (Å²) >= 11 is 0. The van der Waals surface area contributed by atoms with E-state index in [1.165, 1.54) is 11.8 Å². The molecule has 34 heavy (non-hydrogen) atoms. The first kappa shape index (κ1) is 24.0. The van der Waals surface area contributed by atoms with E-state index in [1.807, 2.05) is 63.2 Å². The summed E-state index contributed by atoms with van der Waals surface area (Å²) in [4.78, 5) is 41.3. The summed E-state index contributed by atoms with van der Waals surface area (Å²) in [6.07, 6.45) is 2.21. The second-order valence-corrected chi connectivity index (χ2v) is 9.19. The quantitative estimate of drug-likeness (QED) is 0.576. The number of carboxylic acids is 1. The molecule has 2 aromatic carbocycles. The minimum atomic E-state index is -1.57. The van der Waals surface area contributed by atoms with Crippen LogP contribution in [-0.2, 0) is 27.2 Å². The van der Waals surface area contributed by atoms with Crippen LogP contribution in [0.15, 0.2) is 42.5 Å². The van der Waals surface area contributed by atoms with Crippen LogP contribution in [0.1, 0.15) is 56.8 Å². The van der Waals surface area contributed by atoms with Gasteiger partial charge in [-0.2, -0.15) is 0 Å². The lowest BCUT2D eigenvalue weighted by molar-refractivity contribution is -0.147. The van der Waals surface area contributed by atoms with Crippen molar-refractivity contribution in [2.24, 2.45) is 11.8 Å². The minimum Gasteiger partial charge on any atom is -0.494 e. The molecule has 4 unspecified atom stereocenters. The van der Waals surface area contributed by atoms with Crippen LogP contribution in [0.3, 0.4) is 0 Å². The Hall–Kier alpha value is -3.19. The van der Waals surface area contributed by atoms with Crippen molar-refractivity contribution in [3.05, 3.63) is 59.2 Å². The Balaban J connectivity index is 1.79. The number of aryl methyl sites for hydroxylation is 2. The molecule has 2 aromatic rings. The first-order valence-corrected chi connectivity index (χ1v) is 12.0. The molecule has 7 nitrogen and oxygen atoms in total. The van der Waals surface area contributed by atoms with Gasteiger partial charge in [0.25, 0.3) is 0 Å². The predicted octanol–water partition coefficient (Wildman–Crippen LogP) is 3.89. The van der Waals surface area contributed by atoms with Gasteiger partial charge in [-0.3, -0.25) is 19.7 Å². The van der Waals surface area contributed by atoms with E-state index in [2.05, 4.69) is 5.32 Å². The molecule has 2 heterocycles. The van der Waals surface area contributed by atoms with E-state index in [1.54, 1.807) is 0 Å². The maximum absolute atomic E-state index is 13.9. The van der Waals surface area contributed by atoms with Gasteiger partial charge in [-0.1, -0.05) is 51.1 Å². The highest BCUT2D eigenvalue weighted by atomic mass is 16.5. The number of nitrogens with one attached hydrogen (secondary N) is 1. The van der Waals surface area contributed by atoms with E-state index in [4.69, 9.17) is 4.74 Å². The first-order chi connectivity index (χ1) is 16.3. The molecular formula is C27H32N2O5. The molecule has 2 saturated heterocycles. The molecule has 180 valence electrons. The molecule has 0 aromatic heterocycles. The number of ether oxygens (including phenoxy) is 1. The molecule has 2 aliphatic rings. The predicted molar refractivity (Wildman–Crippen MR) is 129 cm³/mol. The zero-order valence-corrected chi connectivity index (χ0v) is 20.1. The Morgan fingerprint density at radius 3 is 2.18 bits per heavy atom. The Morgan fingerprint density at radius 2 is 1.65 bits per heavy atom. The van der Waals surface area contributed by atoms with Crippen LogP contribution < -0.4 is 15.0 Å².